The van der Waals surface area contributed by atoms with Crippen molar-refractivity contribution in [3.05, 3.63) is 42.4 Å². The molecule has 2 aromatic rings. The van der Waals surface area contributed by atoms with E-state index in [0.717, 1.165) is 18.1 Å². The van der Waals surface area contributed by atoms with Crippen LogP contribution in [0.2, 0.25) is 0 Å². The van der Waals surface area contributed by atoms with Crippen molar-refractivity contribution < 1.29 is 0 Å². The summed E-state index contributed by atoms with van der Waals surface area (Å²) < 4.78 is 2.04. The van der Waals surface area contributed by atoms with Gasteiger partial charge in [0.2, 0.25) is 0 Å². The van der Waals surface area contributed by atoms with Crippen LogP contribution >= 0.6 is 0 Å². The third kappa shape index (κ3) is 2.34. The number of azo groups is 1. The molecule has 1 heterocycles. The largest absolute Gasteiger partial charge is 0.333 e. The molecule has 0 bridgehead atoms. The van der Waals surface area contributed by atoms with Gasteiger partial charge in [0.25, 0.3) is 0 Å². The number of hydrogen-bond donors (Lipinski definition) is 0. The van der Waals surface area contributed by atoms with Crippen LogP contribution in [0.1, 0.15) is 12.7 Å². The summed E-state index contributed by atoms with van der Waals surface area (Å²) in [5.74, 6) is 1.62. The van der Waals surface area contributed by atoms with Gasteiger partial charge >= 0.3 is 0 Å². The third-order valence-corrected chi connectivity index (χ3v) is 2.33. The van der Waals surface area contributed by atoms with Gasteiger partial charge in [-0.2, -0.15) is 0 Å². The van der Waals surface area contributed by atoms with Crippen molar-refractivity contribution in [3.63, 3.8) is 0 Å². The van der Waals surface area contributed by atoms with Crippen molar-refractivity contribution >= 4 is 11.5 Å². The first-order valence-electron chi connectivity index (χ1n) is 5.30. The van der Waals surface area contributed by atoms with Gasteiger partial charge in [-0.3, -0.25) is 0 Å². The number of aryl methyl sites for hydroxylation is 2. The van der Waals surface area contributed by atoms with Crippen LogP contribution in [0.4, 0.5) is 11.5 Å². The van der Waals surface area contributed by atoms with E-state index < -0.39 is 0 Å². The predicted molar refractivity (Wildman–Crippen MR) is 63.3 cm³/mol. The highest BCUT2D eigenvalue weighted by Gasteiger charge is 2.00. The van der Waals surface area contributed by atoms with Crippen molar-refractivity contribution in [1.29, 1.82) is 0 Å². The Balaban J connectivity index is 2.18. The molecule has 82 valence electrons. The lowest BCUT2D eigenvalue weighted by Crippen LogP contribution is -1.93. The van der Waals surface area contributed by atoms with Gasteiger partial charge in [-0.1, -0.05) is 18.2 Å². The summed E-state index contributed by atoms with van der Waals surface area (Å²) in [7, 11) is 0. The van der Waals surface area contributed by atoms with Gasteiger partial charge in [0.05, 0.1) is 11.9 Å². The molecular formula is C12H14N4. The summed E-state index contributed by atoms with van der Waals surface area (Å²) in [4.78, 5) is 4.30. The maximum absolute atomic E-state index is 4.30. The van der Waals surface area contributed by atoms with Crippen molar-refractivity contribution in [1.82, 2.24) is 9.55 Å². The minimum atomic E-state index is 0.656. The van der Waals surface area contributed by atoms with Gasteiger partial charge < -0.3 is 4.57 Å². The minimum Gasteiger partial charge on any atom is -0.333 e. The summed E-state index contributed by atoms with van der Waals surface area (Å²) in [6, 6.07) is 9.64. The highest BCUT2D eigenvalue weighted by atomic mass is 15.2. The molecule has 2 rings (SSSR count). The highest BCUT2D eigenvalue weighted by molar-refractivity contribution is 5.36. The zero-order valence-electron chi connectivity index (χ0n) is 9.46. The van der Waals surface area contributed by atoms with Gasteiger partial charge in [-0.05, 0) is 26.0 Å². The fourth-order valence-electron chi connectivity index (χ4n) is 1.46. The fraction of sp³-hybridized carbons (Fsp3) is 0.250. The Morgan fingerprint density at radius 3 is 2.56 bits per heavy atom. The molecule has 0 aliphatic rings. The maximum Gasteiger partial charge on any atom is 0.192 e. The average Bonchev–Trinajstić information content (AvgIpc) is 2.69. The van der Waals surface area contributed by atoms with Gasteiger partial charge in [0.15, 0.2) is 5.82 Å². The molecule has 0 aliphatic carbocycles. The van der Waals surface area contributed by atoms with Crippen molar-refractivity contribution in [2.45, 2.75) is 20.4 Å². The van der Waals surface area contributed by atoms with Crippen LogP contribution in [-0.2, 0) is 6.54 Å². The van der Waals surface area contributed by atoms with E-state index in [1.54, 1.807) is 0 Å². The number of imidazole rings is 1. The SMILES string of the molecule is CCn1cc(N=Nc2ccccc2)nc1C. The van der Waals surface area contributed by atoms with Gasteiger partial charge in [-0.15, -0.1) is 10.2 Å². The van der Waals surface area contributed by atoms with Crippen LogP contribution in [0.3, 0.4) is 0 Å². The van der Waals surface area contributed by atoms with E-state index >= 15 is 0 Å². The summed E-state index contributed by atoms with van der Waals surface area (Å²) in [6.45, 7) is 4.94. The Morgan fingerprint density at radius 2 is 1.94 bits per heavy atom. The van der Waals surface area contributed by atoms with Crippen LogP contribution in [-0.4, -0.2) is 9.55 Å². The van der Waals surface area contributed by atoms with Gasteiger partial charge in [0, 0.05) is 6.54 Å². The molecule has 1 aromatic carbocycles. The van der Waals surface area contributed by atoms with E-state index in [1.807, 2.05) is 48.0 Å². The van der Waals surface area contributed by atoms with E-state index in [-0.39, 0.29) is 0 Å². The molecule has 4 nitrogen and oxygen atoms in total. The molecule has 0 unspecified atom stereocenters. The first-order valence-corrected chi connectivity index (χ1v) is 5.30. The van der Waals surface area contributed by atoms with E-state index in [4.69, 9.17) is 0 Å². The molecule has 0 N–H and O–H groups in total. The normalized spacial score (nSPS) is 11.1. The lowest BCUT2D eigenvalue weighted by atomic mass is 10.3. The summed E-state index contributed by atoms with van der Waals surface area (Å²) >= 11 is 0. The Labute approximate surface area is 94.7 Å². The molecule has 0 fully saturated rings. The van der Waals surface area contributed by atoms with Gasteiger partial charge in [-0.25, -0.2) is 4.98 Å². The van der Waals surface area contributed by atoms with E-state index in [1.165, 1.54) is 0 Å². The first-order chi connectivity index (χ1) is 7.79. The first kappa shape index (κ1) is 10.5. The second-order valence-electron chi connectivity index (χ2n) is 3.47. The smallest absolute Gasteiger partial charge is 0.192 e. The second-order valence-corrected chi connectivity index (χ2v) is 3.47. The minimum absolute atomic E-state index is 0.656. The highest BCUT2D eigenvalue weighted by Crippen LogP contribution is 2.16. The molecular weight excluding hydrogens is 200 g/mol. The molecule has 1 aromatic heterocycles. The molecule has 0 spiro atoms. The third-order valence-electron chi connectivity index (χ3n) is 2.33. The number of hydrogen-bond acceptors (Lipinski definition) is 3. The molecule has 0 radical (unpaired) electrons. The molecule has 0 aliphatic heterocycles. The number of benzene rings is 1. The molecule has 0 saturated heterocycles. The molecule has 0 amide bonds. The van der Waals surface area contributed by atoms with Gasteiger partial charge in [0.1, 0.15) is 5.82 Å². The molecule has 0 saturated carbocycles. The van der Waals surface area contributed by atoms with Crippen LogP contribution in [0.15, 0.2) is 46.8 Å². The number of rotatable bonds is 3. The average molecular weight is 214 g/mol. The number of aromatic nitrogens is 2. The van der Waals surface area contributed by atoms with E-state index in [2.05, 4.69) is 22.1 Å². The Bertz CT molecular complexity index is 485. The van der Waals surface area contributed by atoms with Crippen molar-refractivity contribution in [3.8, 4) is 0 Å². The quantitative estimate of drug-likeness (QED) is 0.719. The number of nitrogens with zero attached hydrogens (tertiary/aromatic N) is 4. The summed E-state index contributed by atoms with van der Waals surface area (Å²) in [5, 5.41) is 8.21. The Hall–Kier alpha value is -1.97. The van der Waals surface area contributed by atoms with Crippen LogP contribution in [0, 0.1) is 6.92 Å². The van der Waals surface area contributed by atoms with E-state index in [9.17, 15) is 0 Å². The van der Waals surface area contributed by atoms with Crippen molar-refractivity contribution in [2.24, 2.45) is 10.2 Å². The second kappa shape index (κ2) is 4.70. The zero-order chi connectivity index (χ0) is 11.4. The topological polar surface area (TPSA) is 42.5 Å². The van der Waals surface area contributed by atoms with E-state index in [0.29, 0.717) is 5.82 Å². The van der Waals surface area contributed by atoms with Crippen LogP contribution in [0.25, 0.3) is 0 Å². The molecule has 0 atom stereocenters. The lowest BCUT2D eigenvalue weighted by Gasteiger charge is -1.95. The van der Waals surface area contributed by atoms with Crippen molar-refractivity contribution in [2.75, 3.05) is 0 Å². The Morgan fingerprint density at radius 1 is 1.19 bits per heavy atom. The summed E-state index contributed by atoms with van der Waals surface area (Å²) in [5.41, 5.74) is 0.839. The molecule has 16 heavy (non-hydrogen) atoms. The monoisotopic (exact) mass is 214 g/mol. The standard InChI is InChI=1S/C12H14N4/c1-3-16-9-12(13-10(16)2)15-14-11-7-5-4-6-8-11/h4-9H,3H2,1-2H3. The fourth-order valence-corrected chi connectivity index (χ4v) is 1.46. The zero-order valence-corrected chi connectivity index (χ0v) is 9.46. The molecule has 4 heteroatoms. The summed E-state index contributed by atoms with van der Waals surface area (Å²) in [6.07, 6.45) is 1.90. The maximum atomic E-state index is 4.30. The van der Waals surface area contributed by atoms with Crippen LogP contribution < -0.4 is 0 Å². The van der Waals surface area contributed by atoms with Crippen LogP contribution in [0.5, 0.6) is 0 Å². The Kier molecular flexibility index (Phi) is 3.10. The lowest BCUT2D eigenvalue weighted by molar-refractivity contribution is 0.730. The predicted octanol–water partition coefficient (Wildman–Crippen LogP) is 3.63.